The normalized spacial score (nSPS) is 15.1. The number of methoxy groups -OCH3 is 1. The molecule has 0 radical (unpaired) electrons. The van der Waals surface area contributed by atoms with E-state index in [1.165, 1.54) is 12.8 Å². The van der Waals surface area contributed by atoms with Crippen LogP contribution in [0.3, 0.4) is 0 Å². The molecule has 3 rings (SSSR count). The molecule has 2 aromatic rings. The fourth-order valence-electron chi connectivity index (χ4n) is 3.31. The van der Waals surface area contributed by atoms with Crippen LogP contribution in [0.15, 0.2) is 24.3 Å². The van der Waals surface area contributed by atoms with E-state index >= 15 is 0 Å². The van der Waals surface area contributed by atoms with Gasteiger partial charge >= 0.3 is 0 Å². The smallest absolute Gasteiger partial charge is 0.219 e. The molecule has 0 saturated heterocycles. The molecule has 1 aliphatic carbocycles. The van der Waals surface area contributed by atoms with Gasteiger partial charge in [-0.3, -0.25) is 4.79 Å². The quantitative estimate of drug-likeness (QED) is 0.788. The summed E-state index contributed by atoms with van der Waals surface area (Å²) in [5.41, 5.74) is 1.71. The number of fused-ring (bicyclic) bond motifs is 1. The van der Waals surface area contributed by atoms with E-state index in [4.69, 9.17) is 16.3 Å². The van der Waals surface area contributed by atoms with Crippen LogP contribution in [-0.4, -0.2) is 28.9 Å². The van der Waals surface area contributed by atoms with Crippen molar-refractivity contribution in [1.29, 1.82) is 0 Å². The lowest BCUT2D eigenvalue weighted by atomic mass is 10.1. The third-order valence-corrected chi connectivity index (χ3v) is 4.89. The number of carbonyl (C=O) groups is 1. The minimum atomic E-state index is 0.0960. The monoisotopic (exact) mass is 332 g/mol. The second-order valence-corrected chi connectivity index (χ2v) is 6.44. The largest absolute Gasteiger partial charge is 0.497 e. The number of aromatic nitrogens is 1. The zero-order valence-electron chi connectivity index (χ0n) is 13.5. The van der Waals surface area contributed by atoms with Crippen molar-refractivity contribution in [2.24, 2.45) is 0 Å². The summed E-state index contributed by atoms with van der Waals surface area (Å²) in [5, 5.41) is 1.44. The zero-order valence-corrected chi connectivity index (χ0v) is 14.3. The predicted molar refractivity (Wildman–Crippen MR) is 91.8 cm³/mol. The number of rotatable bonds is 4. The summed E-state index contributed by atoms with van der Waals surface area (Å²) >= 11 is 6.35. The highest BCUT2D eigenvalue weighted by Gasteiger charge is 2.25. The molecule has 1 aromatic heterocycles. The van der Waals surface area contributed by atoms with Crippen LogP contribution in [0, 0.1) is 0 Å². The Morgan fingerprint density at radius 3 is 2.74 bits per heavy atom. The highest BCUT2D eigenvalue weighted by molar-refractivity contribution is 6.30. The molecule has 4 nitrogen and oxygen atoms in total. The first-order valence-corrected chi connectivity index (χ1v) is 8.36. The Bertz CT molecular complexity index is 726. The molecule has 23 heavy (non-hydrogen) atoms. The van der Waals surface area contributed by atoms with Gasteiger partial charge in [-0.2, -0.15) is 0 Å². The molecule has 1 amide bonds. The number of carbonyl (C=O) groups excluding carboxylic acids is 1. The molecule has 122 valence electrons. The van der Waals surface area contributed by atoms with Crippen molar-refractivity contribution < 1.29 is 9.53 Å². The standard InChI is InChI=1S/C18H21ClN2O2/c1-12(22)21(15-5-3-4-6-15)11-14-9-13-10-16(23-2)7-8-17(13)20-18(14)19/h7-10,15H,3-6,11H2,1-2H3. The molecule has 0 bridgehead atoms. The Kier molecular flexibility index (Phi) is 4.71. The predicted octanol–water partition coefficient (Wildman–Crippen LogP) is 4.19. The Morgan fingerprint density at radius 1 is 1.35 bits per heavy atom. The summed E-state index contributed by atoms with van der Waals surface area (Å²) < 4.78 is 5.27. The molecular formula is C18H21ClN2O2. The van der Waals surface area contributed by atoms with Gasteiger partial charge in [0.1, 0.15) is 10.9 Å². The van der Waals surface area contributed by atoms with E-state index < -0.39 is 0 Å². The number of pyridine rings is 1. The Balaban J connectivity index is 1.93. The second-order valence-electron chi connectivity index (χ2n) is 6.08. The number of hydrogen-bond donors (Lipinski definition) is 0. The Labute approximate surface area is 141 Å². The van der Waals surface area contributed by atoms with Crippen molar-refractivity contribution in [3.05, 3.63) is 35.0 Å². The maximum atomic E-state index is 12.1. The lowest BCUT2D eigenvalue weighted by molar-refractivity contribution is -0.131. The van der Waals surface area contributed by atoms with Crippen molar-refractivity contribution in [2.45, 2.75) is 45.2 Å². The van der Waals surface area contributed by atoms with E-state index in [1.54, 1.807) is 14.0 Å². The van der Waals surface area contributed by atoms with E-state index in [-0.39, 0.29) is 5.91 Å². The molecule has 0 unspecified atom stereocenters. The van der Waals surface area contributed by atoms with Gasteiger partial charge in [0.25, 0.3) is 0 Å². The van der Waals surface area contributed by atoms with Gasteiger partial charge in [0.05, 0.1) is 12.6 Å². The van der Waals surface area contributed by atoms with Gasteiger partial charge in [-0.1, -0.05) is 24.4 Å². The number of halogens is 1. The lowest BCUT2D eigenvalue weighted by Crippen LogP contribution is -2.36. The minimum Gasteiger partial charge on any atom is -0.497 e. The number of amides is 1. The van der Waals surface area contributed by atoms with Crippen LogP contribution in [-0.2, 0) is 11.3 Å². The number of nitrogens with zero attached hydrogens (tertiary/aromatic N) is 2. The summed E-state index contributed by atoms with van der Waals surface area (Å²) in [7, 11) is 1.64. The van der Waals surface area contributed by atoms with Gasteiger partial charge in [0, 0.05) is 30.5 Å². The highest BCUT2D eigenvalue weighted by Crippen LogP contribution is 2.29. The third kappa shape index (κ3) is 3.42. The van der Waals surface area contributed by atoms with Crippen LogP contribution < -0.4 is 4.74 Å². The van der Waals surface area contributed by atoms with Gasteiger partial charge in [-0.15, -0.1) is 0 Å². The lowest BCUT2D eigenvalue weighted by Gasteiger charge is -2.28. The molecule has 0 atom stereocenters. The molecule has 0 spiro atoms. The van der Waals surface area contributed by atoms with Crippen molar-refractivity contribution in [2.75, 3.05) is 7.11 Å². The summed E-state index contributed by atoms with van der Waals surface area (Å²) in [4.78, 5) is 18.4. The van der Waals surface area contributed by atoms with Crippen molar-refractivity contribution in [1.82, 2.24) is 9.88 Å². The molecule has 5 heteroatoms. The van der Waals surface area contributed by atoms with Crippen LogP contribution in [0.25, 0.3) is 10.9 Å². The van der Waals surface area contributed by atoms with Gasteiger partial charge < -0.3 is 9.64 Å². The van der Waals surface area contributed by atoms with E-state index in [2.05, 4.69) is 4.98 Å². The van der Waals surface area contributed by atoms with Crippen LogP contribution in [0.5, 0.6) is 5.75 Å². The van der Waals surface area contributed by atoms with Crippen molar-refractivity contribution in [3.63, 3.8) is 0 Å². The number of ether oxygens (including phenoxy) is 1. The fraction of sp³-hybridized carbons (Fsp3) is 0.444. The summed E-state index contributed by atoms with van der Waals surface area (Å²) in [6, 6.07) is 8.04. The third-order valence-electron chi connectivity index (χ3n) is 4.56. The highest BCUT2D eigenvalue weighted by atomic mass is 35.5. The number of benzene rings is 1. The average Bonchev–Trinajstić information content (AvgIpc) is 3.06. The van der Waals surface area contributed by atoms with E-state index in [0.29, 0.717) is 17.7 Å². The second kappa shape index (κ2) is 6.75. The first kappa shape index (κ1) is 16.1. The zero-order chi connectivity index (χ0) is 16.4. The molecular weight excluding hydrogens is 312 g/mol. The first-order chi connectivity index (χ1) is 11.1. The molecule has 1 fully saturated rings. The van der Waals surface area contributed by atoms with Crippen molar-refractivity contribution >= 4 is 28.4 Å². The molecule has 1 heterocycles. The van der Waals surface area contributed by atoms with E-state index in [1.807, 2.05) is 29.2 Å². The Hall–Kier alpha value is -1.81. The van der Waals surface area contributed by atoms with Gasteiger partial charge in [-0.25, -0.2) is 4.98 Å². The van der Waals surface area contributed by atoms with Gasteiger partial charge in [0.2, 0.25) is 5.91 Å². The molecule has 1 aliphatic rings. The topological polar surface area (TPSA) is 42.4 Å². The molecule has 1 saturated carbocycles. The average molecular weight is 333 g/mol. The summed E-state index contributed by atoms with van der Waals surface area (Å²) in [5.74, 6) is 0.880. The van der Waals surface area contributed by atoms with Crippen LogP contribution >= 0.6 is 11.6 Å². The minimum absolute atomic E-state index is 0.0960. The van der Waals surface area contributed by atoms with E-state index in [9.17, 15) is 4.79 Å². The summed E-state index contributed by atoms with van der Waals surface area (Å²) in [6.07, 6.45) is 4.53. The molecule has 1 aromatic carbocycles. The molecule has 0 N–H and O–H groups in total. The first-order valence-electron chi connectivity index (χ1n) is 7.99. The van der Waals surface area contributed by atoms with Crippen LogP contribution in [0.4, 0.5) is 0 Å². The molecule has 0 aliphatic heterocycles. The maximum absolute atomic E-state index is 12.1. The van der Waals surface area contributed by atoms with Crippen LogP contribution in [0.1, 0.15) is 38.2 Å². The Morgan fingerprint density at radius 2 is 2.09 bits per heavy atom. The van der Waals surface area contributed by atoms with E-state index in [0.717, 1.165) is 35.1 Å². The van der Waals surface area contributed by atoms with Crippen molar-refractivity contribution in [3.8, 4) is 5.75 Å². The fourth-order valence-corrected chi connectivity index (χ4v) is 3.52. The summed E-state index contributed by atoms with van der Waals surface area (Å²) in [6.45, 7) is 2.14. The van der Waals surface area contributed by atoms with Gasteiger partial charge in [-0.05, 0) is 37.1 Å². The number of hydrogen-bond acceptors (Lipinski definition) is 3. The SMILES string of the molecule is COc1ccc2nc(Cl)c(CN(C(C)=O)C3CCCC3)cc2c1. The van der Waals surface area contributed by atoms with Gasteiger partial charge in [0.15, 0.2) is 0 Å². The van der Waals surface area contributed by atoms with Crippen LogP contribution in [0.2, 0.25) is 5.15 Å². The maximum Gasteiger partial charge on any atom is 0.219 e.